The minimum atomic E-state index is 0.148. The maximum absolute atomic E-state index is 9.43. The number of benzene rings is 2. The van der Waals surface area contributed by atoms with E-state index < -0.39 is 0 Å². The number of β-amino-alcohol motifs (C(OH)–C–C–N with tert-alkyl or cyclic N) is 1. The highest BCUT2D eigenvalue weighted by atomic mass is 16.5. The van der Waals surface area contributed by atoms with Gasteiger partial charge in [0.2, 0.25) is 5.95 Å². The number of rotatable bonds is 8. The highest BCUT2D eigenvalue weighted by Gasteiger charge is 2.22. The normalized spacial score (nSPS) is 13.5. The minimum Gasteiger partial charge on any atom is -0.497 e. The summed E-state index contributed by atoms with van der Waals surface area (Å²) >= 11 is 0. The zero-order valence-corrected chi connectivity index (χ0v) is 20.1. The van der Waals surface area contributed by atoms with E-state index in [1.807, 2.05) is 48.0 Å². The van der Waals surface area contributed by atoms with Gasteiger partial charge in [-0.15, -0.1) is 0 Å². The molecular formula is C27H30N6O2. The van der Waals surface area contributed by atoms with E-state index in [9.17, 15) is 5.11 Å². The number of aliphatic hydroxyl groups is 1. The van der Waals surface area contributed by atoms with Crippen molar-refractivity contribution in [3.8, 4) is 11.4 Å². The van der Waals surface area contributed by atoms with Crippen LogP contribution in [-0.2, 0) is 19.4 Å². The second-order valence-corrected chi connectivity index (χ2v) is 8.71. The van der Waals surface area contributed by atoms with Crippen LogP contribution in [0.5, 0.6) is 5.75 Å². The summed E-state index contributed by atoms with van der Waals surface area (Å²) in [5, 5.41) is 12.8. The zero-order chi connectivity index (χ0) is 24.2. The molecule has 4 aromatic rings. The Morgan fingerprint density at radius 2 is 1.97 bits per heavy atom. The molecule has 0 fully saturated rings. The predicted molar refractivity (Wildman–Crippen MR) is 135 cm³/mol. The van der Waals surface area contributed by atoms with Gasteiger partial charge in [-0.2, -0.15) is 0 Å². The Hall–Kier alpha value is -3.75. The van der Waals surface area contributed by atoms with Gasteiger partial charge in [0.1, 0.15) is 11.6 Å². The molecule has 35 heavy (non-hydrogen) atoms. The molecule has 0 bridgehead atoms. The SMILES string of the molecule is COc1cccc(Cc2nc(Nc3ccc(-n4ccnc4C)cc3)nc3c2CN(CCO)CC3)c1. The summed E-state index contributed by atoms with van der Waals surface area (Å²) in [4.78, 5) is 16.4. The largest absolute Gasteiger partial charge is 0.497 e. The molecule has 0 amide bonds. The molecule has 0 radical (unpaired) electrons. The van der Waals surface area contributed by atoms with Crippen molar-refractivity contribution in [2.24, 2.45) is 0 Å². The van der Waals surface area contributed by atoms with E-state index in [0.29, 0.717) is 18.9 Å². The first-order valence-corrected chi connectivity index (χ1v) is 11.8. The lowest BCUT2D eigenvalue weighted by Crippen LogP contribution is -2.34. The summed E-state index contributed by atoms with van der Waals surface area (Å²) in [6, 6.07) is 16.3. The topological polar surface area (TPSA) is 88.3 Å². The molecule has 0 atom stereocenters. The lowest BCUT2D eigenvalue weighted by Gasteiger charge is -2.29. The van der Waals surface area contributed by atoms with E-state index in [2.05, 4.69) is 33.4 Å². The van der Waals surface area contributed by atoms with Gasteiger partial charge in [0.25, 0.3) is 0 Å². The number of imidazole rings is 1. The average molecular weight is 471 g/mol. The molecule has 1 aliphatic rings. The molecule has 0 unspecified atom stereocenters. The van der Waals surface area contributed by atoms with Gasteiger partial charge in [-0.25, -0.2) is 15.0 Å². The van der Waals surface area contributed by atoms with Crippen molar-refractivity contribution in [1.82, 2.24) is 24.4 Å². The number of nitrogens with zero attached hydrogens (tertiary/aromatic N) is 5. The van der Waals surface area contributed by atoms with Crippen LogP contribution in [0, 0.1) is 6.92 Å². The number of aliphatic hydroxyl groups excluding tert-OH is 1. The Morgan fingerprint density at radius 3 is 2.71 bits per heavy atom. The highest BCUT2D eigenvalue weighted by molar-refractivity contribution is 5.56. The molecule has 2 aromatic carbocycles. The van der Waals surface area contributed by atoms with Crippen molar-refractivity contribution in [2.45, 2.75) is 26.3 Å². The van der Waals surface area contributed by atoms with E-state index in [4.69, 9.17) is 14.7 Å². The summed E-state index contributed by atoms with van der Waals surface area (Å²) in [7, 11) is 1.68. The quantitative estimate of drug-likeness (QED) is 0.406. The number of anilines is 2. The van der Waals surface area contributed by atoms with Crippen LogP contribution in [-0.4, -0.2) is 56.3 Å². The van der Waals surface area contributed by atoms with Gasteiger partial charge in [0.05, 0.1) is 25.1 Å². The van der Waals surface area contributed by atoms with Crippen LogP contribution in [0.3, 0.4) is 0 Å². The molecule has 0 aliphatic carbocycles. The molecule has 0 saturated carbocycles. The van der Waals surface area contributed by atoms with Crippen molar-refractivity contribution in [1.29, 1.82) is 0 Å². The van der Waals surface area contributed by atoms with Crippen LogP contribution in [0.2, 0.25) is 0 Å². The maximum Gasteiger partial charge on any atom is 0.227 e. The molecule has 180 valence electrons. The van der Waals surface area contributed by atoms with Crippen LogP contribution in [0.4, 0.5) is 11.6 Å². The minimum absolute atomic E-state index is 0.148. The third-order valence-corrected chi connectivity index (χ3v) is 6.37. The summed E-state index contributed by atoms with van der Waals surface area (Å²) in [6.45, 7) is 4.41. The van der Waals surface area contributed by atoms with Gasteiger partial charge in [-0.05, 0) is 48.9 Å². The van der Waals surface area contributed by atoms with Gasteiger partial charge in [0, 0.05) is 61.8 Å². The van der Waals surface area contributed by atoms with E-state index in [1.165, 1.54) is 0 Å². The third kappa shape index (κ3) is 5.18. The Labute approximate surface area is 205 Å². The first-order valence-electron chi connectivity index (χ1n) is 11.8. The summed E-state index contributed by atoms with van der Waals surface area (Å²) < 4.78 is 7.46. The molecule has 1 aliphatic heterocycles. The number of methoxy groups -OCH3 is 1. The molecule has 2 aromatic heterocycles. The van der Waals surface area contributed by atoms with Crippen molar-refractivity contribution >= 4 is 11.6 Å². The molecule has 2 N–H and O–H groups in total. The van der Waals surface area contributed by atoms with Gasteiger partial charge >= 0.3 is 0 Å². The fourth-order valence-electron chi connectivity index (χ4n) is 4.53. The van der Waals surface area contributed by atoms with Gasteiger partial charge in [0.15, 0.2) is 0 Å². The van der Waals surface area contributed by atoms with Gasteiger partial charge < -0.3 is 19.7 Å². The van der Waals surface area contributed by atoms with Crippen molar-refractivity contribution in [3.05, 3.63) is 89.3 Å². The second kappa shape index (κ2) is 10.2. The molecule has 3 heterocycles. The fraction of sp³-hybridized carbons (Fsp3) is 0.296. The second-order valence-electron chi connectivity index (χ2n) is 8.71. The summed E-state index contributed by atoms with van der Waals surface area (Å²) in [6.07, 6.45) is 5.27. The molecule has 5 rings (SSSR count). The van der Waals surface area contributed by atoms with E-state index in [0.717, 1.165) is 65.0 Å². The molecule has 0 saturated heterocycles. The molecular weight excluding hydrogens is 440 g/mol. The average Bonchev–Trinajstić information content (AvgIpc) is 3.31. The van der Waals surface area contributed by atoms with Gasteiger partial charge in [-0.1, -0.05) is 12.1 Å². The number of hydrogen-bond acceptors (Lipinski definition) is 7. The standard InChI is InChI=1S/C27H30N6O2/c1-19-28-11-13-33(19)22-8-6-21(7-9-22)29-27-30-25-10-12-32(14-15-34)18-24(25)26(31-27)17-20-4-3-5-23(16-20)35-2/h3-9,11,13,16,34H,10,12,14-15,17-18H2,1-2H3,(H,29,30,31). The highest BCUT2D eigenvalue weighted by Crippen LogP contribution is 2.26. The Balaban J connectivity index is 1.44. The first-order chi connectivity index (χ1) is 17.1. The number of nitrogens with one attached hydrogen (secondary N) is 1. The molecule has 8 nitrogen and oxygen atoms in total. The number of hydrogen-bond donors (Lipinski definition) is 2. The lowest BCUT2D eigenvalue weighted by molar-refractivity contribution is 0.183. The Kier molecular flexibility index (Phi) is 6.74. The summed E-state index contributed by atoms with van der Waals surface area (Å²) in [5.41, 5.74) is 6.34. The van der Waals surface area contributed by atoms with Crippen LogP contribution in [0.25, 0.3) is 5.69 Å². The van der Waals surface area contributed by atoms with Crippen molar-refractivity contribution in [2.75, 3.05) is 32.1 Å². The number of aromatic nitrogens is 4. The maximum atomic E-state index is 9.43. The number of aryl methyl sites for hydroxylation is 1. The van der Waals surface area contributed by atoms with Gasteiger partial charge in [-0.3, -0.25) is 4.90 Å². The van der Waals surface area contributed by atoms with Crippen LogP contribution >= 0.6 is 0 Å². The van der Waals surface area contributed by atoms with Crippen LogP contribution in [0.1, 0.15) is 28.3 Å². The Bertz CT molecular complexity index is 1300. The van der Waals surface area contributed by atoms with Crippen LogP contribution < -0.4 is 10.1 Å². The smallest absolute Gasteiger partial charge is 0.227 e. The zero-order valence-electron chi connectivity index (χ0n) is 20.1. The first kappa shape index (κ1) is 23.0. The monoisotopic (exact) mass is 470 g/mol. The lowest BCUT2D eigenvalue weighted by atomic mass is 9.99. The van der Waals surface area contributed by atoms with Crippen molar-refractivity contribution < 1.29 is 9.84 Å². The van der Waals surface area contributed by atoms with Crippen LogP contribution in [0.15, 0.2) is 60.9 Å². The van der Waals surface area contributed by atoms with E-state index in [1.54, 1.807) is 13.3 Å². The number of ether oxygens (including phenoxy) is 1. The molecule has 8 heteroatoms. The third-order valence-electron chi connectivity index (χ3n) is 6.37. The van der Waals surface area contributed by atoms with E-state index >= 15 is 0 Å². The van der Waals surface area contributed by atoms with Crippen molar-refractivity contribution in [3.63, 3.8) is 0 Å². The Morgan fingerprint density at radius 1 is 1.11 bits per heavy atom. The molecule has 0 spiro atoms. The predicted octanol–water partition coefficient (Wildman–Crippen LogP) is 3.66. The van der Waals surface area contributed by atoms with E-state index in [-0.39, 0.29) is 6.61 Å². The summed E-state index contributed by atoms with van der Waals surface area (Å²) in [5.74, 6) is 2.38. The fourth-order valence-corrected chi connectivity index (χ4v) is 4.53. The number of fused-ring (bicyclic) bond motifs is 1.